The normalized spacial score (nSPS) is 12.6. The zero-order valence-corrected chi connectivity index (χ0v) is 16.8. The van der Waals surface area contributed by atoms with E-state index in [1.165, 1.54) is 12.1 Å². The summed E-state index contributed by atoms with van der Waals surface area (Å²) in [6.07, 6.45) is -0.112. The molecule has 0 aromatic heterocycles. The highest BCUT2D eigenvalue weighted by Crippen LogP contribution is 2.15. The third-order valence-electron chi connectivity index (χ3n) is 4.14. The van der Waals surface area contributed by atoms with Crippen molar-refractivity contribution < 1.29 is 23.1 Å². The van der Waals surface area contributed by atoms with Crippen molar-refractivity contribution in [2.24, 2.45) is 5.92 Å². The lowest BCUT2D eigenvalue weighted by Gasteiger charge is -2.22. The number of amides is 1. The minimum atomic E-state index is -3.85. The molecule has 1 unspecified atom stereocenters. The molecular formula is C20H24N2O5S. The second-order valence-corrected chi connectivity index (χ2v) is 8.63. The predicted octanol–water partition coefficient (Wildman–Crippen LogP) is 2.56. The largest absolute Gasteiger partial charge is 0.481 e. The number of carboxylic acids is 1. The molecule has 0 aliphatic rings. The van der Waals surface area contributed by atoms with E-state index in [4.69, 9.17) is 5.11 Å². The summed E-state index contributed by atoms with van der Waals surface area (Å²) in [5.41, 5.74) is 1.99. The number of aryl methyl sites for hydroxylation is 1. The molecule has 0 bridgehead atoms. The van der Waals surface area contributed by atoms with Crippen LogP contribution in [0, 0.1) is 12.8 Å². The van der Waals surface area contributed by atoms with Gasteiger partial charge in [0.25, 0.3) is 0 Å². The first kappa shape index (κ1) is 21.6. The molecule has 7 nitrogen and oxygen atoms in total. The number of carboxylic acid groups (broad SMARTS) is 1. The fraction of sp³-hybridized carbons (Fsp3) is 0.300. The van der Waals surface area contributed by atoms with Crippen molar-refractivity contribution >= 4 is 27.6 Å². The number of benzene rings is 2. The topological polar surface area (TPSA) is 113 Å². The quantitative estimate of drug-likeness (QED) is 0.626. The van der Waals surface area contributed by atoms with Gasteiger partial charge in [0.2, 0.25) is 15.9 Å². The zero-order valence-electron chi connectivity index (χ0n) is 16.0. The summed E-state index contributed by atoms with van der Waals surface area (Å²) in [4.78, 5) is 23.5. The van der Waals surface area contributed by atoms with Gasteiger partial charge >= 0.3 is 5.97 Å². The first-order chi connectivity index (χ1) is 13.1. The Labute approximate surface area is 164 Å². The molecule has 150 valence electrons. The van der Waals surface area contributed by atoms with Crippen LogP contribution in [-0.2, 0) is 26.0 Å². The van der Waals surface area contributed by atoms with Crippen molar-refractivity contribution in [3.8, 4) is 0 Å². The van der Waals surface area contributed by atoms with Gasteiger partial charge in [-0.25, -0.2) is 8.42 Å². The molecule has 0 heterocycles. The summed E-state index contributed by atoms with van der Waals surface area (Å²) in [6, 6.07) is 11.8. The highest BCUT2D eigenvalue weighted by molar-refractivity contribution is 7.89. The van der Waals surface area contributed by atoms with E-state index in [0.29, 0.717) is 11.3 Å². The standard InChI is InChI=1S/C20H24N2O5S/c1-13(2)19(22-28(26,27)17-10-4-14(3)5-11-17)20(25)21-16-8-6-15(7-9-16)12-18(23)24/h4-11,13,19,22H,12H2,1-3H3,(H,21,25)(H,23,24). The number of aliphatic carboxylic acids is 1. The van der Waals surface area contributed by atoms with Crippen molar-refractivity contribution in [3.63, 3.8) is 0 Å². The molecule has 2 aromatic rings. The Balaban J connectivity index is 2.13. The third kappa shape index (κ3) is 5.90. The van der Waals surface area contributed by atoms with Gasteiger partial charge in [0.1, 0.15) is 6.04 Å². The molecular weight excluding hydrogens is 380 g/mol. The van der Waals surface area contributed by atoms with Crippen LogP contribution in [0.4, 0.5) is 5.69 Å². The second-order valence-electron chi connectivity index (χ2n) is 6.91. The molecule has 1 atom stereocenters. The second kappa shape index (κ2) is 8.99. The van der Waals surface area contributed by atoms with E-state index in [9.17, 15) is 18.0 Å². The molecule has 28 heavy (non-hydrogen) atoms. The van der Waals surface area contributed by atoms with E-state index in [1.807, 2.05) is 6.92 Å². The molecule has 0 saturated carbocycles. The lowest BCUT2D eigenvalue weighted by atomic mass is 10.0. The average Bonchev–Trinajstić information content (AvgIpc) is 2.61. The number of carbonyl (C=O) groups is 2. The predicted molar refractivity (Wildman–Crippen MR) is 107 cm³/mol. The summed E-state index contributed by atoms with van der Waals surface area (Å²) in [7, 11) is -3.85. The Kier molecular flexibility index (Phi) is 6.93. The monoisotopic (exact) mass is 404 g/mol. The van der Waals surface area contributed by atoms with Crippen molar-refractivity contribution in [2.75, 3.05) is 5.32 Å². The Morgan fingerprint density at radius 3 is 2.07 bits per heavy atom. The highest BCUT2D eigenvalue weighted by atomic mass is 32.2. The molecule has 2 rings (SSSR count). The van der Waals surface area contributed by atoms with E-state index in [1.54, 1.807) is 50.2 Å². The molecule has 0 aliphatic carbocycles. The van der Waals surface area contributed by atoms with Crippen LogP contribution in [0.15, 0.2) is 53.4 Å². The minimum absolute atomic E-state index is 0.0922. The van der Waals surface area contributed by atoms with Gasteiger partial charge in [0, 0.05) is 5.69 Å². The molecule has 3 N–H and O–H groups in total. The fourth-order valence-electron chi connectivity index (χ4n) is 2.55. The molecule has 0 aliphatic heterocycles. The molecule has 1 amide bonds. The molecule has 0 radical (unpaired) electrons. The van der Waals surface area contributed by atoms with Crippen LogP contribution in [0.1, 0.15) is 25.0 Å². The third-order valence-corrected chi connectivity index (χ3v) is 5.60. The lowest BCUT2D eigenvalue weighted by Crippen LogP contribution is -2.47. The van der Waals surface area contributed by atoms with Crippen LogP contribution >= 0.6 is 0 Å². The van der Waals surface area contributed by atoms with Crippen molar-refractivity contribution in [1.82, 2.24) is 4.72 Å². The maximum absolute atomic E-state index is 12.6. The van der Waals surface area contributed by atoms with Crippen LogP contribution in [0.3, 0.4) is 0 Å². The van der Waals surface area contributed by atoms with Gasteiger partial charge in [0.15, 0.2) is 0 Å². The summed E-state index contributed by atoms with van der Waals surface area (Å²) in [5.74, 6) is -1.72. The SMILES string of the molecule is Cc1ccc(S(=O)(=O)NC(C(=O)Nc2ccc(CC(=O)O)cc2)C(C)C)cc1. The lowest BCUT2D eigenvalue weighted by molar-refractivity contribution is -0.136. The van der Waals surface area contributed by atoms with Gasteiger partial charge in [-0.15, -0.1) is 0 Å². The van der Waals surface area contributed by atoms with Crippen LogP contribution < -0.4 is 10.0 Å². The van der Waals surface area contributed by atoms with Crippen LogP contribution in [-0.4, -0.2) is 31.4 Å². The van der Waals surface area contributed by atoms with Gasteiger partial charge in [-0.1, -0.05) is 43.7 Å². The number of hydrogen-bond donors (Lipinski definition) is 3. The van der Waals surface area contributed by atoms with Gasteiger partial charge in [-0.2, -0.15) is 4.72 Å². The Hall–Kier alpha value is -2.71. The summed E-state index contributed by atoms with van der Waals surface area (Å²) < 4.78 is 27.7. The highest BCUT2D eigenvalue weighted by Gasteiger charge is 2.28. The molecule has 8 heteroatoms. The van der Waals surface area contributed by atoms with Gasteiger partial charge < -0.3 is 10.4 Å². The summed E-state index contributed by atoms with van der Waals surface area (Å²) in [6.45, 7) is 5.35. The van der Waals surface area contributed by atoms with Crippen LogP contribution in [0.2, 0.25) is 0 Å². The number of anilines is 1. The zero-order chi connectivity index (χ0) is 20.9. The van der Waals surface area contributed by atoms with Crippen LogP contribution in [0.25, 0.3) is 0 Å². The van der Waals surface area contributed by atoms with E-state index >= 15 is 0 Å². The number of rotatable bonds is 8. The molecule has 0 fully saturated rings. The Bertz CT molecular complexity index is 936. The number of nitrogens with one attached hydrogen (secondary N) is 2. The van der Waals surface area contributed by atoms with E-state index in [2.05, 4.69) is 10.0 Å². The number of sulfonamides is 1. The molecule has 2 aromatic carbocycles. The van der Waals surface area contributed by atoms with Crippen molar-refractivity contribution in [2.45, 2.75) is 38.1 Å². The Morgan fingerprint density at radius 2 is 1.57 bits per heavy atom. The maximum Gasteiger partial charge on any atom is 0.307 e. The van der Waals surface area contributed by atoms with Gasteiger partial charge in [-0.3, -0.25) is 9.59 Å². The Morgan fingerprint density at radius 1 is 1.00 bits per heavy atom. The minimum Gasteiger partial charge on any atom is -0.481 e. The fourth-order valence-corrected chi connectivity index (χ4v) is 3.89. The van der Waals surface area contributed by atoms with Crippen LogP contribution in [0.5, 0.6) is 0 Å². The van der Waals surface area contributed by atoms with Gasteiger partial charge in [-0.05, 0) is 42.7 Å². The smallest absolute Gasteiger partial charge is 0.307 e. The number of hydrogen-bond acceptors (Lipinski definition) is 4. The molecule has 0 spiro atoms. The maximum atomic E-state index is 12.6. The summed E-state index contributed by atoms with van der Waals surface area (Å²) >= 11 is 0. The first-order valence-corrected chi connectivity index (χ1v) is 10.3. The van der Waals surface area contributed by atoms with Gasteiger partial charge in [0.05, 0.1) is 11.3 Å². The summed E-state index contributed by atoms with van der Waals surface area (Å²) in [5, 5.41) is 11.5. The number of carbonyl (C=O) groups excluding carboxylic acids is 1. The average molecular weight is 404 g/mol. The van der Waals surface area contributed by atoms with Crippen molar-refractivity contribution in [3.05, 3.63) is 59.7 Å². The first-order valence-electron chi connectivity index (χ1n) is 8.79. The van der Waals surface area contributed by atoms with Crippen molar-refractivity contribution in [1.29, 1.82) is 0 Å². The molecule has 0 saturated heterocycles. The van der Waals surface area contributed by atoms with E-state index in [-0.39, 0.29) is 17.2 Å². The van der Waals surface area contributed by atoms with E-state index < -0.39 is 27.9 Å². The van der Waals surface area contributed by atoms with E-state index in [0.717, 1.165) is 5.56 Å².